The van der Waals surface area contributed by atoms with Crippen LogP contribution in [0.4, 0.5) is 0 Å². The van der Waals surface area contributed by atoms with Crippen LogP contribution in [0.15, 0.2) is 24.3 Å². The van der Waals surface area contributed by atoms with Gasteiger partial charge in [0.25, 0.3) is 0 Å². The van der Waals surface area contributed by atoms with Crippen molar-refractivity contribution in [3.63, 3.8) is 0 Å². The second-order valence-corrected chi connectivity index (χ2v) is 6.10. The van der Waals surface area contributed by atoms with Gasteiger partial charge in [-0.25, -0.2) is 0 Å². The Balaban J connectivity index is 2.05. The number of aliphatic hydroxyl groups is 1. The lowest BCUT2D eigenvalue weighted by atomic mass is 10.1. The maximum Gasteiger partial charge on any atom is 0.119 e. The molecule has 0 aliphatic heterocycles. The van der Waals surface area contributed by atoms with Gasteiger partial charge in [-0.15, -0.1) is 0 Å². The zero-order chi connectivity index (χ0) is 15.0. The van der Waals surface area contributed by atoms with Crippen molar-refractivity contribution in [3.8, 4) is 5.75 Å². The molecular weight excluding hydrogens is 278 g/mol. The summed E-state index contributed by atoms with van der Waals surface area (Å²) in [6, 6.07) is 7.17. The van der Waals surface area contributed by atoms with E-state index in [1.54, 1.807) is 12.1 Å². The van der Waals surface area contributed by atoms with E-state index in [4.69, 9.17) is 21.1 Å². The molecule has 2 N–H and O–H groups in total. The molecule has 1 rings (SSSR count). The van der Waals surface area contributed by atoms with Gasteiger partial charge in [-0.05, 0) is 45.0 Å². The quantitative estimate of drug-likeness (QED) is 0.724. The van der Waals surface area contributed by atoms with Gasteiger partial charge < -0.3 is 19.9 Å². The minimum absolute atomic E-state index is 0.00132. The number of benzene rings is 1. The van der Waals surface area contributed by atoms with Crippen molar-refractivity contribution in [1.29, 1.82) is 0 Å². The first kappa shape index (κ1) is 17.2. The lowest BCUT2D eigenvalue weighted by Gasteiger charge is -2.22. The lowest BCUT2D eigenvalue weighted by molar-refractivity contribution is 0.0227. The van der Waals surface area contributed by atoms with Crippen LogP contribution in [-0.4, -0.2) is 43.1 Å². The topological polar surface area (TPSA) is 50.7 Å². The summed E-state index contributed by atoms with van der Waals surface area (Å²) >= 11 is 5.78. The van der Waals surface area contributed by atoms with E-state index in [1.807, 2.05) is 12.1 Å². The maximum atomic E-state index is 9.72. The number of hydrogen-bond acceptors (Lipinski definition) is 4. The molecular formula is C15H24ClNO3. The first-order valence-corrected chi connectivity index (χ1v) is 7.14. The summed E-state index contributed by atoms with van der Waals surface area (Å²) in [7, 11) is 0. The average molecular weight is 302 g/mol. The molecule has 5 heteroatoms. The minimum atomic E-state index is -0.509. The molecule has 1 atom stereocenters. The molecule has 0 bridgehead atoms. The van der Waals surface area contributed by atoms with Crippen LogP contribution < -0.4 is 10.1 Å². The Hall–Kier alpha value is -0.810. The van der Waals surface area contributed by atoms with Gasteiger partial charge in [0.1, 0.15) is 12.4 Å². The zero-order valence-corrected chi connectivity index (χ0v) is 13.1. The molecule has 1 aromatic rings. The second kappa shape index (κ2) is 8.47. The van der Waals surface area contributed by atoms with Crippen LogP contribution in [0, 0.1) is 0 Å². The first-order valence-electron chi connectivity index (χ1n) is 6.76. The highest BCUT2D eigenvalue weighted by molar-refractivity contribution is 6.30. The van der Waals surface area contributed by atoms with Crippen molar-refractivity contribution in [2.75, 3.05) is 26.4 Å². The van der Waals surface area contributed by atoms with Crippen LogP contribution >= 0.6 is 11.6 Å². The molecule has 4 nitrogen and oxygen atoms in total. The molecule has 114 valence electrons. The Morgan fingerprint density at radius 3 is 2.45 bits per heavy atom. The number of halogens is 1. The van der Waals surface area contributed by atoms with Crippen molar-refractivity contribution in [2.24, 2.45) is 0 Å². The van der Waals surface area contributed by atoms with Gasteiger partial charge in [0.05, 0.1) is 19.3 Å². The normalized spacial score (nSPS) is 13.2. The van der Waals surface area contributed by atoms with E-state index in [1.165, 1.54) is 0 Å². The molecule has 0 aromatic heterocycles. The van der Waals surface area contributed by atoms with Crippen LogP contribution in [0.5, 0.6) is 5.75 Å². The van der Waals surface area contributed by atoms with Crippen LogP contribution in [0.25, 0.3) is 0 Å². The average Bonchev–Trinajstić information content (AvgIpc) is 2.37. The highest BCUT2D eigenvalue weighted by Gasteiger charge is 2.11. The van der Waals surface area contributed by atoms with Crippen molar-refractivity contribution in [2.45, 2.75) is 32.4 Å². The van der Waals surface area contributed by atoms with Crippen LogP contribution in [-0.2, 0) is 4.74 Å². The molecule has 0 saturated heterocycles. The molecule has 1 aromatic carbocycles. The summed E-state index contributed by atoms with van der Waals surface area (Å²) in [5.74, 6) is 0.757. The molecule has 0 radical (unpaired) electrons. The van der Waals surface area contributed by atoms with E-state index >= 15 is 0 Å². The number of β-amino-alcohol motifs (C(OH)–C–C–N with tert-alkyl or cyclic N) is 1. The molecule has 0 unspecified atom stereocenters. The Labute approximate surface area is 126 Å². The third kappa shape index (κ3) is 8.38. The third-order valence-corrected chi connectivity index (χ3v) is 2.74. The number of aliphatic hydroxyl groups excluding tert-OH is 1. The molecule has 0 aliphatic rings. The fourth-order valence-corrected chi connectivity index (χ4v) is 1.58. The monoisotopic (exact) mass is 301 g/mol. The summed E-state index contributed by atoms with van der Waals surface area (Å²) in [4.78, 5) is 0. The predicted octanol–water partition coefficient (Wildman–Crippen LogP) is 2.48. The van der Waals surface area contributed by atoms with E-state index in [9.17, 15) is 5.11 Å². The summed E-state index contributed by atoms with van der Waals surface area (Å²) in [6.07, 6.45) is -0.509. The lowest BCUT2D eigenvalue weighted by Crippen LogP contribution is -2.42. The largest absolute Gasteiger partial charge is 0.491 e. The highest BCUT2D eigenvalue weighted by atomic mass is 35.5. The van der Waals surface area contributed by atoms with Crippen molar-refractivity contribution in [3.05, 3.63) is 29.3 Å². The molecule has 0 heterocycles. The van der Waals surface area contributed by atoms with Gasteiger partial charge in [-0.2, -0.15) is 0 Å². The SMILES string of the molecule is CC(C)(C)NC[C@H](O)COCCOc1ccc(Cl)cc1. The smallest absolute Gasteiger partial charge is 0.119 e. The van der Waals surface area contributed by atoms with Gasteiger partial charge in [0, 0.05) is 17.1 Å². The maximum absolute atomic E-state index is 9.72. The fraction of sp³-hybridized carbons (Fsp3) is 0.600. The fourth-order valence-electron chi connectivity index (χ4n) is 1.45. The Morgan fingerprint density at radius 1 is 1.20 bits per heavy atom. The summed E-state index contributed by atoms with van der Waals surface area (Å²) in [5.41, 5.74) is -0.00132. The molecule has 20 heavy (non-hydrogen) atoms. The zero-order valence-electron chi connectivity index (χ0n) is 12.4. The Morgan fingerprint density at radius 2 is 1.85 bits per heavy atom. The van der Waals surface area contributed by atoms with Crippen LogP contribution in [0.3, 0.4) is 0 Å². The van der Waals surface area contributed by atoms with Crippen molar-refractivity contribution < 1.29 is 14.6 Å². The molecule has 0 amide bonds. The number of ether oxygens (including phenoxy) is 2. The van der Waals surface area contributed by atoms with E-state index in [2.05, 4.69) is 26.1 Å². The highest BCUT2D eigenvalue weighted by Crippen LogP contribution is 2.15. The van der Waals surface area contributed by atoms with Gasteiger partial charge >= 0.3 is 0 Å². The van der Waals surface area contributed by atoms with Gasteiger partial charge in [0.15, 0.2) is 0 Å². The van der Waals surface area contributed by atoms with Crippen LogP contribution in [0.1, 0.15) is 20.8 Å². The van der Waals surface area contributed by atoms with Gasteiger partial charge in [-0.1, -0.05) is 11.6 Å². The van der Waals surface area contributed by atoms with E-state index < -0.39 is 6.10 Å². The second-order valence-electron chi connectivity index (χ2n) is 5.66. The Kier molecular flexibility index (Phi) is 7.30. The summed E-state index contributed by atoms with van der Waals surface area (Å²) < 4.78 is 10.8. The number of hydrogen-bond donors (Lipinski definition) is 2. The molecule has 0 aliphatic carbocycles. The standard InChI is InChI=1S/C15H24ClNO3/c1-15(2,3)17-10-13(18)11-19-8-9-20-14-6-4-12(16)5-7-14/h4-7,13,17-18H,8-11H2,1-3H3/t13-/m0/s1. The molecule has 0 saturated carbocycles. The number of nitrogens with one attached hydrogen (secondary N) is 1. The predicted molar refractivity (Wildman–Crippen MR) is 81.5 cm³/mol. The van der Waals surface area contributed by atoms with Crippen molar-refractivity contribution >= 4 is 11.6 Å². The molecule has 0 fully saturated rings. The number of rotatable bonds is 8. The van der Waals surface area contributed by atoms with Gasteiger partial charge in [0.2, 0.25) is 0 Å². The van der Waals surface area contributed by atoms with E-state index in [0.717, 1.165) is 5.75 Å². The van der Waals surface area contributed by atoms with Crippen molar-refractivity contribution in [1.82, 2.24) is 5.32 Å². The summed E-state index contributed by atoms with van der Waals surface area (Å²) in [6.45, 7) is 7.87. The Bertz CT molecular complexity index is 376. The van der Waals surface area contributed by atoms with E-state index in [0.29, 0.717) is 31.4 Å². The minimum Gasteiger partial charge on any atom is -0.491 e. The third-order valence-electron chi connectivity index (χ3n) is 2.49. The first-order chi connectivity index (χ1) is 9.37. The van der Waals surface area contributed by atoms with Crippen LogP contribution in [0.2, 0.25) is 5.02 Å². The van der Waals surface area contributed by atoms with Gasteiger partial charge in [-0.3, -0.25) is 0 Å². The summed E-state index contributed by atoms with van der Waals surface area (Å²) in [5, 5.41) is 13.6. The van der Waals surface area contributed by atoms with E-state index in [-0.39, 0.29) is 5.54 Å². The molecule has 0 spiro atoms.